The molecule has 1 aromatic carbocycles. The van der Waals surface area contributed by atoms with Crippen LogP contribution in [-0.2, 0) is 19.1 Å². The zero-order chi connectivity index (χ0) is 23.2. The molecule has 2 amide bonds. The van der Waals surface area contributed by atoms with Crippen molar-refractivity contribution in [1.82, 2.24) is 4.90 Å². The highest BCUT2D eigenvalue weighted by Gasteiger charge is 2.65. The first kappa shape index (κ1) is 23.0. The zero-order valence-corrected chi connectivity index (χ0v) is 18.6. The summed E-state index contributed by atoms with van der Waals surface area (Å²) in [5, 5.41) is 30.1. The number of hydrogen-bond donors (Lipinski definition) is 3. The van der Waals surface area contributed by atoms with Crippen LogP contribution in [0.5, 0.6) is 5.75 Å². The van der Waals surface area contributed by atoms with E-state index in [2.05, 4.69) is 0 Å². The van der Waals surface area contributed by atoms with E-state index in [0.29, 0.717) is 42.7 Å². The Labute approximate surface area is 191 Å². The van der Waals surface area contributed by atoms with Crippen molar-refractivity contribution >= 4 is 29.4 Å². The van der Waals surface area contributed by atoms with Crippen molar-refractivity contribution in [3.8, 4) is 5.75 Å². The molecule has 2 aliphatic heterocycles. The number of carbonyl (C=O) groups is 3. The van der Waals surface area contributed by atoms with Gasteiger partial charge in [-0.2, -0.15) is 0 Å². The van der Waals surface area contributed by atoms with Crippen LogP contribution in [-0.4, -0.2) is 50.3 Å². The van der Waals surface area contributed by atoms with Gasteiger partial charge in [-0.15, -0.1) is 0 Å². The van der Waals surface area contributed by atoms with Gasteiger partial charge in [-0.1, -0.05) is 31.0 Å². The lowest BCUT2D eigenvalue weighted by atomic mass is 9.65. The number of halogens is 1. The van der Waals surface area contributed by atoms with Crippen molar-refractivity contribution < 1.29 is 34.4 Å². The van der Waals surface area contributed by atoms with E-state index in [1.165, 1.54) is 17.0 Å². The summed E-state index contributed by atoms with van der Waals surface area (Å²) in [4.78, 5) is 38.2. The van der Waals surface area contributed by atoms with Gasteiger partial charge < -0.3 is 20.1 Å². The lowest BCUT2D eigenvalue weighted by molar-refractivity contribution is -0.265. The maximum Gasteiger partial charge on any atom is 0.303 e. The van der Waals surface area contributed by atoms with Crippen LogP contribution in [0, 0.1) is 23.7 Å². The Kier molecular flexibility index (Phi) is 6.22. The first-order valence-corrected chi connectivity index (χ1v) is 11.5. The van der Waals surface area contributed by atoms with Crippen LogP contribution in [0.4, 0.5) is 0 Å². The molecule has 0 bridgehead atoms. The van der Waals surface area contributed by atoms with Crippen molar-refractivity contribution in [1.29, 1.82) is 0 Å². The fraction of sp³-hybridized carbons (Fsp3) is 0.609. The van der Waals surface area contributed by atoms with Crippen LogP contribution in [0.3, 0.4) is 0 Å². The summed E-state index contributed by atoms with van der Waals surface area (Å²) in [6, 6.07) is 4.56. The monoisotopic (exact) mass is 465 g/mol. The Bertz CT molecular complexity index is 937. The maximum atomic E-state index is 13.3. The molecule has 1 aliphatic carbocycles. The van der Waals surface area contributed by atoms with Gasteiger partial charge in [0.05, 0.1) is 23.0 Å². The summed E-state index contributed by atoms with van der Waals surface area (Å²) in [5.74, 6) is -4.89. The van der Waals surface area contributed by atoms with Crippen LogP contribution in [0.2, 0.25) is 5.02 Å². The first-order chi connectivity index (χ1) is 15.1. The van der Waals surface area contributed by atoms with Crippen molar-refractivity contribution in [3.63, 3.8) is 0 Å². The van der Waals surface area contributed by atoms with Crippen LogP contribution < -0.4 is 0 Å². The molecule has 1 saturated carbocycles. The second-order valence-electron chi connectivity index (χ2n) is 9.21. The predicted octanol–water partition coefficient (Wildman–Crippen LogP) is 3.10. The second kappa shape index (κ2) is 8.65. The van der Waals surface area contributed by atoms with E-state index in [1.54, 1.807) is 6.07 Å². The van der Waals surface area contributed by atoms with Crippen molar-refractivity contribution in [2.75, 3.05) is 6.54 Å². The van der Waals surface area contributed by atoms with Crippen LogP contribution >= 0.6 is 11.6 Å². The topological polar surface area (TPSA) is 124 Å². The number of ether oxygens (including phenoxy) is 1. The Morgan fingerprint density at radius 1 is 1.22 bits per heavy atom. The summed E-state index contributed by atoms with van der Waals surface area (Å²) in [5.41, 5.74) is 0.628. The van der Waals surface area contributed by atoms with Gasteiger partial charge in [-0.3, -0.25) is 19.3 Å². The van der Waals surface area contributed by atoms with E-state index in [0.717, 1.165) is 0 Å². The molecule has 0 spiro atoms. The van der Waals surface area contributed by atoms with Crippen molar-refractivity contribution in [2.45, 2.75) is 57.3 Å². The normalized spacial score (nSPS) is 34.0. The number of benzene rings is 1. The van der Waals surface area contributed by atoms with Crippen LogP contribution in [0.25, 0.3) is 0 Å². The third-order valence-electron chi connectivity index (χ3n) is 7.25. The number of carboxylic acid groups (broad SMARTS) is 1. The minimum atomic E-state index is -1.54. The third kappa shape index (κ3) is 3.89. The molecule has 0 radical (unpaired) electrons. The average Bonchev–Trinajstić information content (AvgIpc) is 3.18. The van der Waals surface area contributed by atoms with E-state index in [-0.39, 0.29) is 36.4 Å². The number of phenols is 1. The number of carbonyl (C=O) groups excluding carboxylic acids is 2. The SMILES string of the molecule is C[C@H]1C[C@@H]2C(=O)N(CCCCCC(=O)O)C(=O)[C@@H]2[C@@H]2C[C@@H](c3ccc(O)cc3Cl)O[C@]12O. The molecule has 3 fully saturated rings. The number of aliphatic hydroxyl groups is 1. The fourth-order valence-corrected chi connectivity index (χ4v) is 5.92. The fourth-order valence-electron chi connectivity index (χ4n) is 5.62. The maximum absolute atomic E-state index is 13.3. The Balaban J connectivity index is 1.51. The van der Waals surface area contributed by atoms with Gasteiger partial charge in [0, 0.05) is 24.8 Å². The largest absolute Gasteiger partial charge is 0.508 e. The molecule has 8 nitrogen and oxygen atoms in total. The molecule has 174 valence electrons. The number of fused-ring (bicyclic) bond motifs is 3. The lowest BCUT2D eigenvalue weighted by Gasteiger charge is -2.43. The van der Waals surface area contributed by atoms with E-state index in [1.807, 2.05) is 6.92 Å². The van der Waals surface area contributed by atoms with Crippen LogP contribution in [0.15, 0.2) is 18.2 Å². The molecule has 4 rings (SSSR count). The van der Waals surface area contributed by atoms with Gasteiger partial charge in [-0.05, 0) is 43.4 Å². The van der Waals surface area contributed by atoms with E-state index < -0.39 is 35.6 Å². The number of imide groups is 1. The molecule has 32 heavy (non-hydrogen) atoms. The number of phenolic OH excluding ortho intramolecular Hbond substituents is 1. The van der Waals surface area contributed by atoms with Gasteiger partial charge in [0.1, 0.15) is 5.75 Å². The minimum Gasteiger partial charge on any atom is -0.508 e. The zero-order valence-electron chi connectivity index (χ0n) is 17.9. The van der Waals surface area contributed by atoms with Gasteiger partial charge in [-0.25, -0.2) is 0 Å². The molecule has 3 aliphatic rings. The summed E-state index contributed by atoms with van der Waals surface area (Å²) in [7, 11) is 0. The molecule has 0 unspecified atom stereocenters. The number of carboxylic acids is 1. The Morgan fingerprint density at radius 2 is 1.97 bits per heavy atom. The number of unbranched alkanes of at least 4 members (excludes halogenated alkanes) is 2. The molecule has 9 heteroatoms. The summed E-state index contributed by atoms with van der Waals surface area (Å²) in [6.45, 7) is 2.09. The first-order valence-electron chi connectivity index (χ1n) is 11.1. The van der Waals surface area contributed by atoms with E-state index >= 15 is 0 Å². The van der Waals surface area contributed by atoms with Crippen molar-refractivity contribution in [2.24, 2.45) is 23.7 Å². The minimum absolute atomic E-state index is 0.0249. The second-order valence-corrected chi connectivity index (χ2v) is 9.62. The molecular formula is C23H28ClNO7. The standard InChI is InChI=1S/C23H28ClNO7/c1-12-9-15-20(22(30)25(21(15)29)8-4-2-3-5-19(27)28)16-11-18(32-23(12,16)31)14-7-6-13(26)10-17(14)24/h6-7,10,12,15-16,18,20,26,31H,2-5,8-9,11H2,1H3,(H,27,28)/t12-,15-,16-,18-,20-,23+/m0/s1. The number of aliphatic carboxylic acids is 1. The van der Waals surface area contributed by atoms with Gasteiger partial charge in [0.15, 0.2) is 5.79 Å². The number of aromatic hydroxyl groups is 1. The van der Waals surface area contributed by atoms with E-state index in [4.69, 9.17) is 21.4 Å². The highest BCUT2D eigenvalue weighted by Crippen LogP contribution is 2.58. The number of nitrogens with zero attached hydrogens (tertiary/aromatic N) is 1. The summed E-state index contributed by atoms with van der Waals surface area (Å²) in [6.07, 6.45) is 1.89. The van der Waals surface area contributed by atoms with Crippen molar-refractivity contribution in [3.05, 3.63) is 28.8 Å². The van der Waals surface area contributed by atoms with Gasteiger partial charge >= 0.3 is 5.97 Å². The highest BCUT2D eigenvalue weighted by molar-refractivity contribution is 6.31. The molecule has 1 aromatic rings. The van der Waals surface area contributed by atoms with Crippen LogP contribution in [0.1, 0.15) is 57.1 Å². The third-order valence-corrected chi connectivity index (χ3v) is 7.58. The Hall–Kier alpha value is -2.16. The number of rotatable bonds is 7. The number of hydrogen-bond acceptors (Lipinski definition) is 6. The highest BCUT2D eigenvalue weighted by atomic mass is 35.5. The van der Waals surface area contributed by atoms with Gasteiger partial charge in [0.25, 0.3) is 0 Å². The molecule has 2 saturated heterocycles. The summed E-state index contributed by atoms with van der Waals surface area (Å²) >= 11 is 6.29. The molecule has 0 aromatic heterocycles. The average molecular weight is 466 g/mol. The lowest BCUT2D eigenvalue weighted by Crippen LogP contribution is -2.52. The molecule has 6 atom stereocenters. The Morgan fingerprint density at radius 3 is 2.66 bits per heavy atom. The summed E-state index contributed by atoms with van der Waals surface area (Å²) < 4.78 is 6.09. The van der Waals surface area contributed by atoms with Gasteiger partial charge in [0.2, 0.25) is 11.8 Å². The molecular weight excluding hydrogens is 438 g/mol. The molecule has 3 N–H and O–H groups in total. The van der Waals surface area contributed by atoms with E-state index in [9.17, 15) is 24.6 Å². The number of amides is 2. The quantitative estimate of drug-likeness (QED) is 0.417. The smallest absolute Gasteiger partial charge is 0.303 e. The number of likely N-dealkylation sites (tertiary alicyclic amines) is 1. The molecule has 2 heterocycles. The predicted molar refractivity (Wildman–Crippen MR) is 114 cm³/mol.